The topological polar surface area (TPSA) is 47.6 Å². The molecule has 0 aromatic heterocycles. The second kappa shape index (κ2) is 7.88. The molecule has 0 heterocycles. The van der Waals surface area contributed by atoms with Crippen LogP contribution in [0.2, 0.25) is 5.02 Å². The van der Waals surface area contributed by atoms with Gasteiger partial charge < -0.3 is 14.8 Å². The molecular formula is C18H20ClNO3. The largest absolute Gasteiger partial charge is 0.497 e. The van der Waals surface area contributed by atoms with Gasteiger partial charge in [-0.2, -0.15) is 0 Å². The smallest absolute Gasteiger partial charge is 0.225 e. The zero-order valence-corrected chi connectivity index (χ0v) is 14.2. The Morgan fingerprint density at radius 1 is 1.17 bits per heavy atom. The number of halogens is 1. The molecule has 122 valence electrons. The van der Waals surface area contributed by atoms with Crippen molar-refractivity contribution in [3.8, 4) is 11.5 Å². The van der Waals surface area contributed by atoms with Crippen LogP contribution >= 0.6 is 11.6 Å². The van der Waals surface area contributed by atoms with Crippen molar-refractivity contribution in [3.05, 3.63) is 58.6 Å². The normalized spacial score (nSPS) is 11.7. The molecule has 2 aromatic rings. The summed E-state index contributed by atoms with van der Waals surface area (Å²) < 4.78 is 10.5. The number of hydrogen-bond donors (Lipinski definition) is 1. The molecule has 0 radical (unpaired) electrons. The van der Waals surface area contributed by atoms with Gasteiger partial charge >= 0.3 is 0 Å². The van der Waals surface area contributed by atoms with E-state index in [2.05, 4.69) is 5.32 Å². The Labute approximate surface area is 141 Å². The number of amides is 1. The Kier molecular flexibility index (Phi) is 5.88. The lowest BCUT2D eigenvalue weighted by atomic mass is 10.1. The SMILES string of the molecule is COc1ccc(OC)c(CC(=O)NC(C)c2ccccc2Cl)c1. The van der Waals surface area contributed by atoms with E-state index in [1.807, 2.05) is 31.2 Å². The number of carbonyl (C=O) groups excluding carboxylic acids is 1. The van der Waals surface area contributed by atoms with Gasteiger partial charge in [0.25, 0.3) is 0 Å². The van der Waals surface area contributed by atoms with E-state index in [1.54, 1.807) is 32.4 Å². The van der Waals surface area contributed by atoms with Crippen molar-refractivity contribution in [3.63, 3.8) is 0 Å². The Hall–Kier alpha value is -2.20. The molecule has 0 aliphatic heterocycles. The summed E-state index contributed by atoms with van der Waals surface area (Å²) >= 11 is 6.16. The summed E-state index contributed by atoms with van der Waals surface area (Å²) in [4.78, 5) is 12.3. The third kappa shape index (κ3) is 4.39. The molecule has 1 atom stereocenters. The molecular weight excluding hydrogens is 314 g/mol. The molecule has 0 saturated carbocycles. The highest BCUT2D eigenvalue weighted by atomic mass is 35.5. The summed E-state index contributed by atoms with van der Waals surface area (Å²) in [6, 6.07) is 12.7. The second-order valence-corrected chi connectivity index (χ2v) is 5.57. The summed E-state index contributed by atoms with van der Waals surface area (Å²) in [6.07, 6.45) is 0.204. The standard InChI is InChI=1S/C18H20ClNO3/c1-12(15-6-4-5-7-16(15)19)20-18(21)11-13-10-14(22-2)8-9-17(13)23-3/h4-10,12H,11H2,1-3H3,(H,20,21). The van der Waals surface area contributed by atoms with Gasteiger partial charge in [-0.25, -0.2) is 0 Å². The number of rotatable bonds is 6. The molecule has 4 nitrogen and oxygen atoms in total. The van der Waals surface area contributed by atoms with Crippen LogP contribution in [0.15, 0.2) is 42.5 Å². The first-order valence-electron chi connectivity index (χ1n) is 7.30. The molecule has 2 rings (SSSR count). The van der Waals surface area contributed by atoms with E-state index in [0.29, 0.717) is 16.5 Å². The van der Waals surface area contributed by atoms with E-state index in [-0.39, 0.29) is 18.4 Å². The maximum absolute atomic E-state index is 12.3. The zero-order valence-electron chi connectivity index (χ0n) is 13.4. The minimum absolute atomic E-state index is 0.107. The highest BCUT2D eigenvalue weighted by Gasteiger charge is 2.15. The van der Waals surface area contributed by atoms with E-state index >= 15 is 0 Å². The van der Waals surface area contributed by atoms with Crippen molar-refractivity contribution in [1.82, 2.24) is 5.32 Å². The van der Waals surface area contributed by atoms with Gasteiger partial charge in [0.2, 0.25) is 5.91 Å². The van der Waals surface area contributed by atoms with Gasteiger partial charge in [-0.1, -0.05) is 29.8 Å². The number of nitrogens with one attached hydrogen (secondary N) is 1. The van der Waals surface area contributed by atoms with E-state index in [9.17, 15) is 4.79 Å². The summed E-state index contributed by atoms with van der Waals surface area (Å²) in [5, 5.41) is 3.59. The third-order valence-corrected chi connectivity index (χ3v) is 3.93. The molecule has 0 aliphatic rings. The second-order valence-electron chi connectivity index (χ2n) is 5.17. The van der Waals surface area contributed by atoms with Crippen molar-refractivity contribution < 1.29 is 14.3 Å². The van der Waals surface area contributed by atoms with Gasteiger partial charge in [0.15, 0.2) is 0 Å². The summed E-state index contributed by atoms with van der Waals surface area (Å²) in [5.74, 6) is 1.24. The van der Waals surface area contributed by atoms with Gasteiger partial charge in [-0.05, 0) is 36.8 Å². The van der Waals surface area contributed by atoms with Gasteiger partial charge in [-0.3, -0.25) is 4.79 Å². The van der Waals surface area contributed by atoms with Crippen LogP contribution in [0.4, 0.5) is 0 Å². The molecule has 1 amide bonds. The summed E-state index contributed by atoms with van der Waals surface area (Å²) in [6.45, 7) is 1.90. The number of methoxy groups -OCH3 is 2. The molecule has 1 N–H and O–H groups in total. The number of benzene rings is 2. The average molecular weight is 334 g/mol. The number of ether oxygens (including phenoxy) is 2. The average Bonchev–Trinajstić information content (AvgIpc) is 2.54. The minimum Gasteiger partial charge on any atom is -0.497 e. The molecule has 0 aliphatic carbocycles. The maximum Gasteiger partial charge on any atom is 0.225 e. The predicted octanol–water partition coefficient (Wildman–Crippen LogP) is 3.78. The third-order valence-electron chi connectivity index (χ3n) is 3.59. The molecule has 0 saturated heterocycles. The van der Waals surface area contributed by atoms with Gasteiger partial charge in [-0.15, -0.1) is 0 Å². The van der Waals surface area contributed by atoms with Crippen molar-refractivity contribution in [2.45, 2.75) is 19.4 Å². The van der Waals surface area contributed by atoms with Crippen molar-refractivity contribution in [2.75, 3.05) is 14.2 Å². The Bertz CT molecular complexity index is 688. The van der Waals surface area contributed by atoms with Crippen LogP contribution in [-0.4, -0.2) is 20.1 Å². The summed E-state index contributed by atoms with van der Waals surface area (Å²) in [5.41, 5.74) is 1.66. The monoisotopic (exact) mass is 333 g/mol. The Balaban J connectivity index is 2.09. The Morgan fingerprint density at radius 2 is 1.91 bits per heavy atom. The van der Waals surface area contributed by atoms with Crippen molar-refractivity contribution >= 4 is 17.5 Å². The first-order chi connectivity index (χ1) is 11.0. The van der Waals surface area contributed by atoms with Crippen LogP contribution < -0.4 is 14.8 Å². The van der Waals surface area contributed by atoms with E-state index in [1.165, 1.54) is 0 Å². The minimum atomic E-state index is -0.173. The molecule has 0 spiro atoms. The quantitative estimate of drug-likeness (QED) is 0.875. The van der Waals surface area contributed by atoms with Crippen LogP contribution in [0.1, 0.15) is 24.1 Å². The molecule has 5 heteroatoms. The van der Waals surface area contributed by atoms with E-state index in [4.69, 9.17) is 21.1 Å². The lowest BCUT2D eigenvalue weighted by molar-refractivity contribution is -0.121. The van der Waals surface area contributed by atoms with Crippen LogP contribution in [0.5, 0.6) is 11.5 Å². The summed E-state index contributed by atoms with van der Waals surface area (Å²) in [7, 11) is 3.17. The fourth-order valence-electron chi connectivity index (χ4n) is 2.39. The molecule has 2 aromatic carbocycles. The maximum atomic E-state index is 12.3. The lowest BCUT2D eigenvalue weighted by Crippen LogP contribution is -2.28. The number of hydrogen-bond acceptors (Lipinski definition) is 3. The first-order valence-corrected chi connectivity index (χ1v) is 7.67. The van der Waals surface area contributed by atoms with Gasteiger partial charge in [0.05, 0.1) is 26.7 Å². The van der Waals surface area contributed by atoms with E-state index < -0.39 is 0 Å². The molecule has 1 unspecified atom stereocenters. The van der Waals surface area contributed by atoms with Crippen LogP contribution in [0.25, 0.3) is 0 Å². The van der Waals surface area contributed by atoms with Crippen molar-refractivity contribution in [1.29, 1.82) is 0 Å². The van der Waals surface area contributed by atoms with Crippen molar-refractivity contribution in [2.24, 2.45) is 0 Å². The van der Waals surface area contributed by atoms with Crippen LogP contribution in [0.3, 0.4) is 0 Å². The Morgan fingerprint density at radius 3 is 2.57 bits per heavy atom. The highest BCUT2D eigenvalue weighted by molar-refractivity contribution is 6.31. The highest BCUT2D eigenvalue weighted by Crippen LogP contribution is 2.25. The fourth-order valence-corrected chi connectivity index (χ4v) is 2.69. The molecule has 23 heavy (non-hydrogen) atoms. The molecule has 0 bridgehead atoms. The number of carbonyl (C=O) groups is 1. The first kappa shape index (κ1) is 17.2. The van der Waals surface area contributed by atoms with Crippen LogP contribution in [0, 0.1) is 0 Å². The predicted molar refractivity (Wildman–Crippen MR) is 91.3 cm³/mol. The van der Waals surface area contributed by atoms with Gasteiger partial charge in [0.1, 0.15) is 11.5 Å². The molecule has 0 fully saturated rings. The zero-order chi connectivity index (χ0) is 16.8. The van der Waals surface area contributed by atoms with E-state index in [0.717, 1.165) is 11.1 Å². The van der Waals surface area contributed by atoms with Crippen LogP contribution in [-0.2, 0) is 11.2 Å². The fraction of sp³-hybridized carbons (Fsp3) is 0.278. The lowest BCUT2D eigenvalue weighted by Gasteiger charge is -2.16. The van der Waals surface area contributed by atoms with Gasteiger partial charge in [0, 0.05) is 10.6 Å².